The monoisotopic (exact) mass is 316 g/mol. The Morgan fingerprint density at radius 1 is 1.32 bits per heavy atom. The number of rotatable bonds is 3. The van der Waals surface area contributed by atoms with Gasteiger partial charge in [-0.25, -0.2) is 4.98 Å². The predicted octanol–water partition coefficient (Wildman–Crippen LogP) is 1.21. The van der Waals surface area contributed by atoms with Gasteiger partial charge in [0.05, 0.1) is 0 Å². The van der Waals surface area contributed by atoms with Gasteiger partial charge in [0.25, 0.3) is 5.91 Å². The van der Waals surface area contributed by atoms with Crippen molar-refractivity contribution in [3.63, 3.8) is 0 Å². The van der Waals surface area contributed by atoms with Crippen molar-refractivity contribution in [2.45, 2.75) is 12.7 Å². The van der Waals surface area contributed by atoms with Crippen LogP contribution in [-0.2, 0) is 12.7 Å². The molecule has 0 aliphatic carbocycles. The zero-order chi connectivity index (χ0) is 16.3. The molecular weight excluding hydrogens is 297 g/mol. The lowest BCUT2D eigenvalue weighted by molar-refractivity contribution is -0.141. The first-order chi connectivity index (χ1) is 10.3. The second-order valence-corrected chi connectivity index (χ2v) is 5.52. The number of halogens is 3. The van der Waals surface area contributed by atoms with Crippen LogP contribution in [0.1, 0.15) is 21.7 Å². The average Bonchev–Trinajstić information content (AvgIpc) is 2.45. The first kappa shape index (κ1) is 16.7. The number of hydrogen-bond donors (Lipinski definition) is 1. The summed E-state index contributed by atoms with van der Waals surface area (Å²) < 4.78 is 38.9. The minimum absolute atomic E-state index is 0.145. The molecule has 1 amide bonds. The molecule has 0 radical (unpaired) electrons. The van der Waals surface area contributed by atoms with Crippen LogP contribution < -0.4 is 5.32 Å². The summed E-state index contributed by atoms with van der Waals surface area (Å²) in [4.78, 5) is 19.2. The van der Waals surface area contributed by atoms with Gasteiger partial charge in [0, 0.05) is 32.7 Å². The lowest BCUT2D eigenvalue weighted by atomic mass is 10.1. The first-order valence-corrected chi connectivity index (χ1v) is 7.00. The molecule has 0 saturated carbocycles. The Hall–Kier alpha value is -1.67. The van der Waals surface area contributed by atoms with E-state index in [2.05, 4.69) is 10.3 Å². The molecule has 1 fully saturated rings. The Morgan fingerprint density at radius 2 is 1.95 bits per heavy atom. The van der Waals surface area contributed by atoms with E-state index in [1.807, 2.05) is 0 Å². The number of amides is 1. The molecule has 1 aromatic rings. The van der Waals surface area contributed by atoms with Crippen molar-refractivity contribution in [3.8, 4) is 0 Å². The Labute approximate surface area is 127 Å². The molecule has 0 unspecified atom stereocenters. The van der Waals surface area contributed by atoms with Crippen molar-refractivity contribution in [3.05, 3.63) is 29.1 Å². The predicted molar refractivity (Wildman–Crippen MR) is 75.4 cm³/mol. The van der Waals surface area contributed by atoms with Gasteiger partial charge in [-0.05, 0) is 31.8 Å². The Bertz CT molecular complexity index is 539. The highest BCUT2D eigenvalue weighted by molar-refractivity contribution is 5.92. The number of nitrogens with one attached hydrogen (secondary N) is 1. The van der Waals surface area contributed by atoms with Crippen molar-refractivity contribution in [1.82, 2.24) is 20.1 Å². The highest BCUT2D eigenvalue weighted by atomic mass is 19.4. The summed E-state index contributed by atoms with van der Waals surface area (Å²) in [5.74, 6) is -0.451. The third kappa shape index (κ3) is 4.17. The van der Waals surface area contributed by atoms with Gasteiger partial charge in [-0.1, -0.05) is 0 Å². The minimum atomic E-state index is -4.57. The zero-order valence-corrected chi connectivity index (χ0v) is 12.6. The van der Waals surface area contributed by atoms with Gasteiger partial charge in [0.2, 0.25) is 0 Å². The van der Waals surface area contributed by atoms with Crippen LogP contribution >= 0.6 is 0 Å². The number of piperazine rings is 1. The molecule has 0 spiro atoms. The fourth-order valence-electron chi connectivity index (χ4n) is 2.33. The summed E-state index contributed by atoms with van der Waals surface area (Å²) in [6, 6.07) is 2.44. The van der Waals surface area contributed by atoms with E-state index in [9.17, 15) is 18.0 Å². The van der Waals surface area contributed by atoms with Crippen LogP contribution in [0.5, 0.6) is 0 Å². The van der Waals surface area contributed by atoms with E-state index in [-0.39, 0.29) is 5.69 Å². The van der Waals surface area contributed by atoms with E-state index in [0.29, 0.717) is 38.3 Å². The average molecular weight is 316 g/mol. The molecular formula is C14H19F3N4O. The van der Waals surface area contributed by atoms with Crippen LogP contribution in [0.15, 0.2) is 12.1 Å². The molecule has 22 heavy (non-hydrogen) atoms. The number of pyridine rings is 1. The van der Waals surface area contributed by atoms with Crippen molar-refractivity contribution < 1.29 is 18.0 Å². The smallest absolute Gasteiger partial charge is 0.335 e. The van der Waals surface area contributed by atoms with Crippen LogP contribution in [0.3, 0.4) is 0 Å². The van der Waals surface area contributed by atoms with Gasteiger partial charge in [0.15, 0.2) is 0 Å². The van der Waals surface area contributed by atoms with Gasteiger partial charge < -0.3 is 15.1 Å². The maximum absolute atomic E-state index is 13.0. The van der Waals surface area contributed by atoms with Crippen molar-refractivity contribution in [1.29, 1.82) is 0 Å². The van der Waals surface area contributed by atoms with Crippen LogP contribution in [0.2, 0.25) is 0 Å². The van der Waals surface area contributed by atoms with Gasteiger partial charge in [-0.3, -0.25) is 4.79 Å². The van der Waals surface area contributed by atoms with Crippen molar-refractivity contribution in [2.75, 3.05) is 40.3 Å². The topological polar surface area (TPSA) is 48.5 Å². The van der Waals surface area contributed by atoms with Gasteiger partial charge in [-0.2, -0.15) is 13.2 Å². The SMILES string of the molecule is CN(C)Cc1cc(C(=O)N2CCNCC2)nc(C(F)(F)F)c1. The number of aromatic nitrogens is 1. The Kier molecular flexibility index (Phi) is 5.02. The van der Waals surface area contributed by atoms with Gasteiger partial charge in [0.1, 0.15) is 11.4 Å². The number of carbonyl (C=O) groups excluding carboxylic acids is 1. The molecule has 0 atom stereocenters. The summed E-state index contributed by atoms with van der Waals surface area (Å²) in [5.41, 5.74) is -0.746. The van der Waals surface area contributed by atoms with E-state index in [4.69, 9.17) is 0 Å². The maximum atomic E-state index is 13.0. The molecule has 2 rings (SSSR count). The molecule has 5 nitrogen and oxygen atoms in total. The number of alkyl halides is 3. The highest BCUT2D eigenvalue weighted by Crippen LogP contribution is 2.29. The fraction of sp³-hybridized carbons (Fsp3) is 0.571. The third-order valence-electron chi connectivity index (χ3n) is 3.30. The van der Waals surface area contributed by atoms with E-state index in [0.717, 1.165) is 6.07 Å². The van der Waals surface area contributed by atoms with Crippen LogP contribution in [0, 0.1) is 0 Å². The Morgan fingerprint density at radius 3 is 2.50 bits per heavy atom. The van der Waals surface area contributed by atoms with Gasteiger partial charge >= 0.3 is 6.18 Å². The summed E-state index contributed by atoms with van der Waals surface area (Å²) in [7, 11) is 3.51. The Balaban J connectivity index is 2.34. The molecule has 1 N–H and O–H groups in total. The van der Waals surface area contributed by atoms with Crippen molar-refractivity contribution in [2.24, 2.45) is 0 Å². The molecule has 8 heteroatoms. The molecule has 122 valence electrons. The second-order valence-electron chi connectivity index (χ2n) is 5.52. The molecule has 2 heterocycles. The lowest BCUT2D eigenvalue weighted by Gasteiger charge is -2.27. The molecule has 1 aromatic heterocycles. The van der Waals surface area contributed by atoms with E-state index in [1.165, 1.54) is 11.0 Å². The van der Waals surface area contributed by atoms with Crippen molar-refractivity contribution >= 4 is 5.91 Å². The minimum Gasteiger partial charge on any atom is -0.335 e. The summed E-state index contributed by atoms with van der Waals surface area (Å²) in [5, 5.41) is 3.09. The second kappa shape index (κ2) is 6.62. The summed E-state index contributed by atoms with van der Waals surface area (Å²) >= 11 is 0. The van der Waals surface area contributed by atoms with Crippen LogP contribution in [0.4, 0.5) is 13.2 Å². The molecule has 0 aromatic carbocycles. The largest absolute Gasteiger partial charge is 0.433 e. The number of hydrogen-bond acceptors (Lipinski definition) is 4. The lowest BCUT2D eigenvalue weighted by Crippen LogP contribution is -2.46. The third-order valence-corrected chi connectivity index (χ3v) is 3.30. The van der Waals surface area contributed by atoms with Gasteiger partial charge in [-0.15, -0.1) is 0 Å². The maximum Gasteiger partial charge on any atom is 0.433 e. The van der Waals surface area contributed by atoms with Crippen LogP contribution in [-0.4, -0.2) is 61.0 Å². The molecule has 1 aliphatic rings. The number of nitrogens with zero attached hydrogens (tertiary/aromatic N) is 3. The van der Waals surface area contributed by atoms with E-state index >= 15 is 0 Å². The summed E-state index contributed by atoms with van der Waals surface area (Å²) in [6.07, 6.45) is -4.57. The quantitative estimate of drug-likeness (QED) is 0.910. The first-order valence-electron chi connectivity index (χ1n) is 7.00. The highest BCUT2D eigenvalue weighted by Gasteiger charge is 2.34. The zero-order valence-electron chi connectivity index (χ0n) is 12.6. The molecule has 1 aliphatic heterocycles. The molecule has 1 saturated heterocycles. The van der Waals surface area contributed by atoms with E-state index < -0.39 is 17.8 Å². The summed E-state index contributed by atoms with van der Waals surface area (Å²) in [6.45, 7) is 2.53. The normalized spacial score (nSPS) is 16.2. The van der Waals surface area contributed by atoms with Crippen LogP contribution in [0.25, 0.3) is 0 Å². The molecule has 0 bridgehead atoms. The van der Waals surface area contributed by atoms with E-state index in [1.54, 1.807) is 19.0 Å². The standard InChI is InChI=1S/C14H19F3N4O/c1-20(2)9-10-7-11(19-12(8-10)14(15,16)17)13(22)21-5-3-18-4-6-21/h7-8,18H,3-6,9H2,1-2H3. The fourth-order valence-corrected chi connectivity index (χ4v) is 2.33. The number of carbonyl (C=O) groups is 1.